The fourth-order valence-electron chi connectivity index (χ4n) is 3.06. The van der Waals surface area contributed by atoms with Crippen LogP contribution in [0.2, 0.25) is 0 Å². The number of nitrogens with zero attached hydrogens (tertiary/aromatic N) is 1. The van der Waals surface area contributed by atoms with Crippen molar-refractivity contribution in [2.45, 2.75) is 17.6 Å². The Morgan fingerprint density at radius 3 is 2.55 bits per heavy atom. The lowest BCUT2D eigenvalue weighted by Gasteiger charge is -2.09. The average molecular weight is 403 g/mol. The number of H-pyrrole nitrogens is 1. The highest BCUT2D eigenvalue weighted by Crippen LogP contribution is 2.27. The van der Waals surface area contributed by atoms with E-state index in [1.807, 2.05) is 85.1 Å². The highest BCUT2D eigenvalue weighted by Gasteiger charge is 2.15. The Balaban J connectivity index is 1.48. The molecule has 146 valence electrons. The molecule has 0 fully saturated rings. The maximum absolute atomic E-state index is 10.7. The molecule has 0 bridgehead atoms. The zero-order valence-corrected chi connectivity index (χ0v) is 16.9. The first kappa shape index (κ1) is 19.3. The monoisotopic (exact) mass is 402 g/mol. The summed E-state index contributed by atoms with van der Waals surface area (Å²) < 4.78 is 5.91. The minimum Gasteiger partial charge on any atom is -0.489 e. The molecule has 0 radical (unpaired) electrons. The van der Waals surface area contributed by atoms with E-state index < -0.39 is 6.10 Å². The molecule has 0 aliphatic heterocycles. The van der Waals surface area contributed by atoms with Crippen LogP contribution >= 0.6 is 11.8 Å². The summed E-state index contributed by atoms with van der Waals surface area (Å²) in [7, 11) is 0. The predicted molar refractivity (Wildman–Crippen MR) is 117 cm³/mol. The molecule has 3 aromatic carbocycles. The lowest BCUT2D eigenvalue weighted by Crippen LogP contribution is -2.01. The molecule has 5 heteroatoms. The number of aliphatic hydroxyl groups excluding tert-OH is 1. The summed E-state index contributed by atoms with van der Waals surface area (Å²) in [6.45, 7) is 0.517. The SMILES string of the molecule is CSc1ccc(C(O)c2ncc(-c3cccc(OCc4ccccc4)c3)[nH]2)cc1. The predicted octanol–water partition coefficient (Wildman–Crippen LogP) is 5.46. The highest BCUT2D eigenvalue weighted by atomic mass is 32.2. The maximum atomic E-state index is 10.7. The maximum Gasteiger partial charge on any atom is 0.140 e. The third kappa shape index (κ3) is 4.70. The number of nitrogens with one attached hydrogen (secondary N) is 1. The standard InChI is InChI=1S/C24H22N2O2S/c1-29-21-12-10-18(11-13-21)23(27)24-25-15-22(26-24)19-8-5-9-20(14-19)28-16-17-6-3-2-4-7-17/h2-15,23,27H,16H2,1H3,(H,25,26). The summed E-state index contributed by atoms with van der Waals surface area (Å²) >= 11 is 1.67. The number of aliphatic hydroxyl groups is 1. The molecule has 1 atom stereocenters. The normalized spacial score (nSPS) is 11.9. The molecule has 0 spiro atoms. The van der Waals surface area contributed by atoms with Crippen LogP contribution in [0.15, 0.2) is 90.0 Å². The topological polar surface area (TPSA) is 58.1 Å². The van der Waals surface area contributed by atoms with E-state index in [-0.39, 0.29) is 0 Å². The van der Waals surface area contributed by atoms with Gasteiger partial charge in [-0.15, -0.1) is 11.8 Å². The number of rotatable bonds is 7. The number of imidazole rings is 1. The van der Waals surface area contributed by atoms with Crippen molar-refractivity contribution in [2.24, 2.45) is 0 Å². The summed E-state index contributed by atoms with van der Waals surface area (Å²) in [4.78, 5) is 8.78. The smallest absolute Gasteiger partial charge is 0.140 e. The first-order valence-corrected chi connectivity index (χ1v) is 10.6. The summed E-state index contributed by atoms with van der Waals surface area (Å²) in [6.07, 6.45) is 2.98. The molecule has 0 aliphatic rings. The van der Waals surface area contributed by atoms with Gasteiger partial charge in [-0.1, -0.05) is 54.6 Å². The minimum absolute atomic E-state index is 0.517. The quantitative estimate of drug-likeness (QED) is 0.403. The third-order valence-corrected chi connectivity index (χ3v) is 5.42. The number of benzene rings is 3. The molecular formula is C24H22N2O2S. The zero-order valence-electron chi connectivity index (χ0n) is 16.1. The van der Waals surface area contributed by atoms with Gasteiger partial charge in [-0.05, 0) is 41.6 Å². The zero-order chi connectivity index (χ0) is 20.1. The van der Waals surface area contributed by atoms with Gasteiger partial charge in [0.15, 0.2) is 0 Å². The number of aromatic nitrogens is 2. The fraction of sp³-hybridized carbons (Fsp3) is 0.125. The van der Waals surface area contributed by atoms with E-state index in [1.165, 1.54) is 0 Å². The van der Waals surface area contributed by atoms with Gasteiger partial charge in [-0.25, -0.2) is 4.98 Å². The second-order valence-corrected chi connectivity index (χ2v) is 7.54. The second kappa shape index (κ2) is 8.99. The van der Waals surface area contributed by atoms with E-state index in [1.54, 1.807) is 18.0 Å². The van der Waals surface area contributed by atoms with Crippen LogP contribution in [0.5, 0.6) is 5.75 Å². The van der Waals surface area contributed by atoms with E-state index >= 15 is 0 Å². The van der Waals surface area contributed by atoms with Crippen LogP contribution in [0.3, 0.4) is 0 Å². The van der Waals surface area contributed by atoms with Crippen molar-refractivity contribution >= 4 is 11.8 Å². The van der Waals surface area contributed by atoms with E-state index in [0.717, 1.165) is 33.0 Å². The number of aromatic amines is 1. The van der Waals surface area contributed by atoms with Crippen LogP contribution in [0.4, 0.5) is 0 Å². The Kier molecular flexibility index (Phi) is 5.98. The second-order valence-electron chi connectivity index (χ2n) is 6.66. The molecular weight excluding hydrogens is 380 g/mol. The Hall–Kier alpha value is -3.02. The molecule has 0 amide bonds. The number of hydrogen-bond donors (Lipinski definition) is 2. The molecule has 29 heavy (non-hydrogen) atoms. The molecule has 1 heterocycles. The molecule has 2 N–H and O–H groups in total. The van der Waals surface area contributed by atoms with Crippen molar-refractivity contribution in [1.82, 2.24) is 9.97 Å². The lowest BCUT2D eigenvalue weighted by molar-refractivity contribution is 0.211. The van der Waals surface area contributed by atoms with Crippen molar-refractivity contribution in [1.29, 1.82) is 0 Å². The largest absolute Gasteiger partial charge is 0.489 e. The van der Waals surface area contributed by atoms with Crippen LogP contribution in [-0.2, 0) is 6.61 Å². The summed E-state index contributed by atoms with van der Waals surface area (Å²) in [5.74, 6) is 1.31. The number of thioether (sulfide) groups is 1. The lowest BCUT2D eigenvalue weighted by atomic mass is 10.1. The first-order valence-electron chi connectivity index (χ1n) is 9.37. The van der Waals surface area contributed by atoms with Crippen LogP contribution in [0.25, 0.3) is 11.3 Å². The van der Waals surface area contributed by atoms with Crippen molar-refractivity contribution in [2.75, 3.05) is 6.26 Å². The molecule has 4 rings (SSSR count). The van der Waals surface area contributed by atoms with Crippen LogP contribution in [0, 0.1) is 0 Å². The molecule has 4 nitrogen and oxygen atoms in total. The van der Waals surface area contributed by atoms with Crippen LogP contribution < -0.4 is 4.74 Å². The van der Waals surface area contributed by atoms with Crippen molar-refractivity contribution in [3.63, 3.8) is 0 Å². The Labute approximate surface area is 174 Å². The van der Waals surface area contributed by atoms with Gasteiger partial charge in [0, 0.05) is 10.5 Å². The van der Waals surface area contributed by atoms with E-state index in [0.29, 0.717) is 12.4 Å². The van der Waals surface area contributed by atoms with Crippen molar-refractivity contribution in [3.05, 3.63) is 102 Å². The highest BCUT2D eigenvalue weighted by molar-refractivity contribution is 7.98. The van der Waals surface area contributed by atoms with Gasteiger partial charge in [0.25, 0.3) is 0 Å². The van der Waals surface area contributed by atoms with E-state index in [2.05, 4.69) is 9.97 Å². The number of ether oxygens (including phenoxy) is 1. The van der Waals surface area contributed by atoms with Gasteiger partial charge >= 0.3 is 0 Å². The summed E-state index contributed by atoms with van der Waals surface area (Å²) in [5.41, 5.74) is 3.73. The van der Waals surface area contributed by atoms with Gasteiger partial charge in [-0.3, -0.25) is 0 Å². The van der Waals surface area contributed by atoms with Gasteiger partial charge in [0.05, 0.1) is 11.9 Å². The molecule has 0 saturated carbocycles. The Morgan fingerprint density at radius 1 is 1.00 bits per heavy atom. The minimum atomic E-state index is -0.794. The first-order chi connectivity index (χ1) is 14.2. The van der Waals surface area contributed by atoms with Gasteiger partial charge < -0.3 is 14.8 Å². The van der Waals surface area contributed by atoms with Crippen LogP contribution in [0.1, 0.15) is 23.1 Å². The molecule has 4 aromatic rings. The Morgan fingerprint density at radius 2 is 1.79 bits per heavy atom. The van der Waals surface area contributed by atoms with Gasteiger partial charge in [-0.2, -0.15) is 0 Å². The van der Waals surface area contributed by atoms with E-state index in [9.17, 15) is 5.11 Å². The molecule has 0 saturated heterocycles. The third-order valence-electron chi connectivity index (χ3n) is 4.68. The molecule has 1 aromatic heterocycles. The van der Waals surface area contributed by atoms with Crippen molar-refractivity contribution in [3.8, 4) is 17.0 Å². The molecule has 1 unspecified atom stereocenters. The Bertz CT molecular complexity index is 1060. The van der Waals surface area contributed by atoms with Gasteiger partial charge in [0.1, 0.15) is 24.3 Å². The summed E-state index contributed by atoms with van der Waals surface area (Å²) in [6, 6.07) is 25.8. The molecule has 0 aliphatic carbocycles. The average Bonchev–Trinajstić information content (AvgIpc) is 3.29. The fourth-order valence-corrected chi connectivity index (χ4v) is 3.47. The van der Waals surface area contributed by atoms with Crippen molar-refractivity contribution < 1.29 is 9.84 Å². The number of hydrogen-bond acceptors (Lipinski definition) is 4. The summed E-state index contributed by atoms with van der Waals surface area (Å²) in [5, 5.41) is 10.7. The van der Waals surface area contributed by atoms with E-state index in [4.69, 9.17) is 4.74 Å². The van der Waals surface area contributed by atoms with Gasteiger partial charge in [0.2, 0.25) is 0 Å². The van der Waals surface area contributed by atoms with Crippen LogP contribution in [-0.4, -0.2) is 21.3 Å².